The first kappa shape index (κ1) is 11.8. The predicted octanol–water partition coefficient (Wildman–Crippen LogP) is 0.746. The van der Waals surface area contributed by atoms with Crippen molar-refractivity contribution in [2.75, 3.05) is 12.3 Å². The number of nitrogens with zero attached hydrogens (tertiary/aromatic N) is 1. The Morgan fingerprint density at radius 3 is 3.00 bits per heavy atom. The second kappa shape index (κ2) is 5.60. The highest BCUT2D eigenvalue weighted by Crippen LogP contribution is 2.01. The van der Waals surface area contributed by atoms with Crippen LogP contribution in [0.4, 0.5) is 5.69 Å². The van der Waals surface area contributed by atoms with Crippen molar-refractivity contribution in [3.63, 3.8) is 0 Å². The fraction of sp³-hybridized carbons (Fsp3) is 0.273. The van der Waals surface area contributed by atoms with Crippen LogP contribution in [0.25, 0.3) is 0 Å². The summed E-state index contributed by atoms with van der Waals surface area (Å²) in [6.45, 7) is 1.49. The molecule has 2 heterocycles. The smallest absolute Gasteiger partial charge is 0.304 e. The first-order valence-corrected chi connectivity index (χ1v) is 6.20. The lowest BCUT2D eigenvalue weighted by Crippen LogP contribution is -2.17. The summed E-state index contributed by atoms with van der Waals surface area (Å²) >= 11 is 1.18. The summed E-state index contributed by atoms with van der Waals surface area (Å²) in [4.78, 5) is 17.8. The summed E-state index contributed by atoms with van der Waals surface area (Å²) in [5.41, 5.74) is 8.15. The van der Waals surface area contributed by atoms with Gasteiger partial charge in [0.05, 0.1) is 11.9 Å². The van der Waals surface area contributed by atoms with Crippen LogP contribution in [0.2, 0.25) is 0 Å². The van der Waals surface area contributed by atoms with E-state index in [0.717, 1.165) is 24.4 Å². The van der Waals surface area contributed by atoms with Gasteiger partial charge in [0.2, 0.25) is 0 Å². The number of hydrogen-bond acceptors (Lipinski definition) is 5. The second-order valence-corrected chi connectivity index (χ2v) is 4.53. The van der Waals surface area contributed by atoms with Crippen LogP contribution < -0.4 is 15.9 Å². The average molecular weight is 250 g/mol. The molecule has 0 bridgehead atoms. The van der Waals surface area contributed by atoms with E-state index in [1.165, 1.54) is 11.3 Å². The van der Waals surface area contributed by atoms with Gasteiger partial charge in [0, 0.05) is 36.3 Å². The van der Waals surface area contributed by atoms with Gasteiger partial charge in [-0.25, -0.2) is 0 Å². The summed E-state index contributed by atoms with van der Waals surface area (Å²) in [5, 5.41) is 5.07. The minimum Gasteiger partial charge on any atom is -0.397 e. The summed E-state index contributed by atoms with van der Waals surface area (Å²) in [7, 11) is 0. The highest BCUT2D eigenvalue weighted by atomic mass is 32.1. The van der Waals surface area contributed by atoms with E-state index in [0.29, 0.717) is 12.2 Å². The van der Waals surface area contributed by atoms with Crippen LogP contribution in [-0.2, 0) is 13.0 Å². The van der Waals surface area contributed by atoms with Gasteiger partial charge in [-0.05, 0) is 12.1 Å². The van der Waals surface area contributed by atoms with E-state index in [-0.39, 0.29) is 4.87 Å². The zero-order valence-corrected chi connectivity index (χ0v) is 10.1. The predicted molar refractivity (Wildman–Crippen MR) is 69.0 cm³/mol. The molecule has 0 fully saturated rings. The van der Waals surface area contributed by atoms with E-state index in [1.54, 1.807) is 6.20 Å². The number of aromatic nitrogens is 2. The van der Waals surface area contributed by atoms with Crippen LogP contribution in [0.3, 0.4) is 0 Å². The SMILES string of the molecule is Nc1ccc(CCNCc2csc(=O)[nH]2)nc1. The zero-order chi connectivity index (χ0) is 12.1. The minimum atomic E-state index is -0.0120. The monoisotopic (exact) mass is 250 g/mol. The van der Waals surface area contributed by atoms with Crippen LogP contribution in [0, 0.1) is 0 Å². The van der Waals surface area contributed by atoms with Crippen molar-refractivity contribution in [3.8, 4) is 0 Å². The fourth-order valence-electron chi connectivity index (χ4n) is 1.42. The van der Waals surface area contributed by atoms with E-state index >= 15 is 0 Å². The Bertz CT molecular complexity index is 517. The highest BCUT2D eigenvalue weighted by molar-refractivity contribution is 7.07. The molecular formula is C11H14N4OS. The maximum Gasteiger partial charge on any atom is 0.304 e. The summed E-state index contributed by atoms with van der Waals surface area (Å²) in [5.74, 6) is 0. The molecule has 0 aromatic carbocycles. The molecule has 6 heteroatoms. The molecule has 0 aliphatic carbocycles. The number of hydrogen-bond donors (Lipinski definition) is 3. The third-order valence-electron chi connectivity index (χ3n) is 2.29. The Kier molecular flexibility index (Phi) is 3.89. The Hall–Kier alpha value is -1.66. The number of rotatable bonds is 5. The van der Waals surface area contributed by atoms with Gasteiger partial charge in [-0.15, -0.1) is 0 Å². The summed E-state index contributed by atoms with van der Waals surface area (Å²) in [6, 6.07) is 3.77. The van der Waals surface area contributed by atoms with Gasteiger partial charge in [-0.1, -0.05) is 11.3 Å². The van der Waals surface area contributed by atoms with Crippen LogP contribution in [0.5, 0.6) is 0 Å². The maximum atomic E-state index is 10.9. The topological polar surface area (TPSA) is 83.8 Å². The third-order valence-corrected chi connectivity index (χ3v) is 3.01. The number of thiazole rings is 1. The molecule has 0 spiro atoms. The number of aromatic amines is 1. The van der Waals surface area contributed by atoms with E-state index in [2.05, 4.69) is 15.3 Å². The largest absolute Gasteiger partial charge is 0.397 e. The molecule has 2 aromatic heterocycles. The van der Waals surface area contributed by atoms with Gasteiger partial charge in [-0.2, -0.15) is 0 Å². The van der Waals surface area contributed by atoms with Gasteiger partial charge < -0.3 is 16.0 Å². The van der Waals surface area contributed by atoms with Crippen molar-refractivity contribution in [2.24, 2.45) is 0 Å². The quantitative estimate of drug-likeness (QED) is 0.684. The van der Waals surface area contributed by atoms with Crippen molar-refractivity contribution in [3.05, 3.63) is 44.8 Å². The lowest BCUT2D eigenvalue weighted by Gasteiger charge is -2.03. The van der Waals surface area contributed by atoms with Crippen molar-refractivity contribution in [1.29, 1.82) is 0 Å². The average Bonchev–Trinajstić information content (AvgIpc) is 2.73. The molecular weight excluding hydrogens is 236 g/mol. The van der Waals surface area contributed by atoms with Gasteiger partial charge in [0.15, 0.2) is 0 Å². The lowest BCUT2D eigenvalue weighted by molar-refractivity contribution is 0.670. The van der Waals surface area contributed by atoms with Gasteiger partial charge in [0.1, 0.15) is 0 Å². The zero-order valence-electron chi connectivity index (χ0n) is 9.27. The van der Waals surface area contributed by atoms with E-state index < -0.39 is 0 Å². The molecule has 0 aliphatic heterocycles. The van der Waals surface area contributed by atoms with Crippen LogP contribution in [0.15, 0.2) is 28.5 Å². The number of nitrogens with one attached hydrogen (secondary N) is 2. The number of nitrogens with two attached hydrogens (primary N) is 1. The third kappa shape index (κ3) is 3.69. The molecule has 90 valence electrons. The van der Waals surface area contributed by atoms with Gasteiger partial charge in [0.25, 0.3) is 0 Å². The van der Waals surface area contributed by atoms with Crippen molar-refractivity contribution < 1.29 is 0 Å². The summed E-state index contributed by atoms with van der Waals surface area (Å²) < 4.78 is 0. The number of anilines is 1. The standard InChI is InChI=1S/C11H14N4OS/c12-8-1-2-9(14-5-8)3-4-13-6-10-7-17-11(16)15-10/h1-2,5,7,13H,3-4,6,12H2,(H,15,16). The number of H-pyrrole nitrogens is 1. The molecule has 4 N–H and O–H groups in total. The molecule has 17 heavy (non-hydrogen) atoms. The second-order valence-electron chi connectivity index (χ2n) is 3.68. The van der Waals surface area contributed by atoms with Crippen molar-refractivity contribution >= 4 is 17.0 Å². The molecule has 0 unspecified atom stereocenters. The minimum absolute atomic E-state index is 0.0120. The number of nitrogen functional groups attached to an aromatic ring is 1. The molecule has 0 saturated heterocycles. The van der Waals surface area contributed by atoms with E-state index in [4.69, 9.17) is 5.73 Å². The molecule has 0 atom stereocenters. The lowest BCUT2D eigenvalue weighted by atomic mass is 10.2. The molecule has 0 aliphatic rings. The maximum absolute atomic E-state index is 10.9. The van der Waals surface area contributed by atoms with Crippen LogP contribution in [-0.4, -0.2) is 16.5 Å². The summed E-state index contributed by atoms with van der Waals surface area (Å²) in [6.07, 6.45) is 2.50. The van der Waals surface area contributed by atoms with Gasteiger partial charge >= 0.3 is 4.87 Å². The Labute approximate surface area is 103 Å². The highest BCUT2D eigenvalue weighted by Gasteiger charge is 1.97. The van der Waals surface area contributed by atoms with E-state index in [1.807, 2.05) is 17.5 Å². The first-order chi connectivity index (χ1) is 8.24. The molecule has 0 radical (unpaired) electrons. The van der Waals surface area contributed by atoms with Crippen LogP contribution >= 0.6 is 11.3 Å². The first-order valence-electron chi connectivity index (χ1n) is 5.32. The molecule has 5 nitrogen and oxygen atoms in total. The Balaban J connectivity index is 1.73. The van der Waals surface area contributed by atoms with Gasteiger partial charge in [-0.3, -0.25) is 9.78 Å². The molecule has 2 aromatic rings. The molecule has 0 amide bonds. The normalized spacial score (nSPS) is 10.6. The van der Waals surface area contributed by atoms with Crippen molar-refractivity contribution in [2.45, 2.75) is 13.0 Å². The number of pyridine rings is 1. The molecule has 2 rings (SSSR count). The fourth-order valence-corrected chi connectivity index (χ4v) is 2.01. The molecule has 0 saturated carbocycles. The van der Waals surface area contributed by atoms with Crippen molar-refractivity contribution in [1.82, 2.24) is 15.3 Å². The van der Waals surface area contributed by atoms with E-state index in [9.17, 15) is 4.79 Å². The van der Waals surface area contributed by atoms with Crippen LogP contribution in [0.1, 0.15) is 11.4 Å². The Morgan fingerprint density at radius 1 is 1.47 bits per heavy atom. The Morgan fingerprint density at radius 2 is 2.35 bits per heavy atom.